The van der Waals surface area contributed by atoms with E-state index in [2.05, 4.69) is 15.1 Å². The molecule has 4 rings (SSSR count). The summed E-state index contributed by atoms with van der Waals surface area (Å²) >= 11 is 0. The second kappa shape index (κ2) is 9.61. The second-order valence-corrected chi connectivity index (χ2v) is 7.55. The number of halogens is 1. The highest BCUT2D eigenvalue weighted by Gasteiger charge is 2.27. The van der Waals surface area contributed by atoms with E-state index in [1.807, 2.05) is 6.07 Å². The Kier molecular flexibility index (Phi) is 6.46. The fourth-order valence-electron chi connectivity index (χ4n) is 3.89. The minimum atomic E-state index is -0.525. The first kappa shape index (κ1) is 21.5. The van der Waals surface area contributed by atoms with Gasteiger partial charge in [-0.1, -0.05) is 6.07 Å². The molecule has 3 aromatic rings. The van der Waals surface area contributed by atoms with Gasteiger partial charge in [0.25, 0.3) is 11.6 Å². The van der Waals surface area contributed by atoms with Crippen molar-refractivity contribution >= 4 is 17.3 Å². The number of rotatable bonds is 7. The summed E-state index contributed by atoms with van der Waals surface area (Å²) in [6.45, 7) is 3.26. The third kappa shape index (κ3) is 4.94. The Labute approximate surface area is 184 Å². The second-order valence-electron chi connectivity index (χ2n) is 7.55. The SMILES string of the molecule is O=C(NCC(c1ccco1)N1CCN(c2ccc(F)cc2)CC1)c1cccc([N+](=O)[O-])c1. The Morgan fingerprint density at radius 2 is 1.84 bits per heavy atom. The molecule has 1 aliphatic rings. The van der Waals surface area contributed by atoms with E-state index in [4.69, 9.17) is 4.42 Å². The van der Waals surface area contributed by atoms with E-state index in [0.717, 1.165) is 37.6 Å². The van der Waals surface area contributed by atoms with Gasteiger partial charge in [0, 0.05) is 56.1 Å². The van der Waals surface area contributed by atoms with Gasteiger partial charge in [-0.15, -0.1) is 0 Å². The van der Waals surface area contributed by atoms with E-state index in [9.17, 15) is 19.3 Å². The number of nitro benzene ring substituents is 1. The Bertz CT molecular complexity index is 1060. The number of nitro groups is 1. The zero-order valence-corrected chi connectivity index (χ0v) is 17.3. The molecule has 2 heterocycles. The number of carbonyl (C=O) groups excluding carboxylic acids is 1. The van der Waals surface area contributed by atoms with Gasteiger partial charge in [-0.2, -0.15) is 0 Å². The summed E-state index contributed by atoms with van der Waals surface area (Å²) in [5, 5.41) is 13.9. The molecular formula is C23H23FN4O4. The third-order valence-electron chi connectivity index (χ3n) is 5.59. The molecule has 0 aliphatic carbocycles. The first-order chi connectivity index (χ1) is 15.5. The van der Waals surface area contributed by atoms with Crippen LogP contribution in [0.15, 0.2) is 71.3 Å². The van der Waals surface area contributed by atoms with Gasteiger partial charge in [0.05, 0.1) is 17.2 Å². The first-order valence-corrected chi connectivity index (χ1v) is 10.3. The lowest BCUT2D eigenvalue weighted by Crippen LogP contribution is -2.49. The van der Waals surface area contributed by atoms with Gasteiger partial charge < -0.3 is 14.6 Å². The molecule has 0 spiro atoms. The number of carbonyl (C=O) groups is 1. The Balaban J connectivity index is 1.41. The van der Waals surface area contributed by atoms with Crippen LogP contribution in [0.1, 0.15) is 22.2 Å². The maximum Gasteiger partial charge on any atom is 0.270 e. The molecule has 1 amide bonds. The van der Waals surface area contributed by atoms with Crippen LogP contribution in [0.25, 0.3) is 0 Å². The zero-order chi connectivity index (χ0) is 22.5. The molecule has 1 N–H and O–H groups in total. The molecule has 2 aromatic carbocycles. The van der Waals surface area contributed by atoms with Crippen molar-refractivity contribution < 1.29 is 18.5 Å². The Morgan fingerprint density at radius 3 is 2.50 bits per heavy atom. The average molecular weight is 438 g/mol. The monoisotopic (exact) mass is 438 g/mol. The lowest BCUT2D eigenvalue weighted by molar-refractivity contribution is -0.384. The van der Waals surface area contributed by atoms with E-state index < -0.39 is 4.92 Å². The predicted octanol–water partition coefficient (Wildman–Crippen LogP) is 3.62. The standard InChI is InChI=1S/C23H23FN4O4/c24-18-6-8-19(9-7-18)26-10-12-27(13-11-26)21(22-5-2-14-32-22)16-25-23(29)17-3-1-4-20(15-17)28(30)31/h1-9,14-15,21H,10-13,16H2,(H,25,29). The highest BCUT2D eigenvalue weighted by atomic mass is 19.1. The van der Waals surface area contributed by atoms with Crippen LogP contribution in [0, 0.1) is 15.9 Å². The molecule has 0 radical (unpaired) electrons. The topological polar surface area (TPSA) is 91.9 Å². The maximum absolute atomic E-state index is 13.2. The molecule has 0 bridgehead atoms. The van der Waals surface area contributed by atoms with Crippen LogP contribution < -0.4 is 10.2 Å². The lowest BCUT2D eigenvalue weighted by atomic mass is 10.1. The third-order valence-corrected chi connectivity index (χ3v) is 5.59. The molecule has 9 heteroatoms. The number of amides is 1. The van der Waals surface area contributed by atoms with Gasteiger partial charge in [0.15, 0.2) is 0 Å². The lowest BCUT2D eigenvalue weighted by Gasteiger charge is -2.39. The summed E-state index contributed by atoms with van der Waals surface area (Å²) in [6, 6.07) is 15.6. The number of piperazine rings is 1. The molecule has 1 atom stereocenters. The fourth-order valence-corrected chi connectivity index (χ4v) is 3.89. The minimum absolute atomic E-state index is 0.128. The number of anilines is 1. The number of nitrogens with zero attached hydrogens (tertiary/aromatic N) is 3. The molecule has 166 valence electrons. The Morgan fingerprint density at radius 1 is 1.09 bits per heavy atom. The van der Waals surface area contributed by atoms with Crippen molar-refractivity contribution in [2.24, 2.45) is 0 Å². The normalized spacial score (nSPS) is 15.3. The molecule has 8 nitrogen and oxygen atoms in total. The summed E-state index contributed by atoms with van der Waals surface area (Å²) in [7, 11) is 0. The average Bonchev–Trinajstić information content (AvgIpc) is 3.35. The van der Waals surface area contributed by atoms with Gasteiger partial charge in [0.1, 0.15) is 11.6 Å². The first-order valence-electron chi connectivity index (χ1n) is 10.3. The van der Waals surface area contributed by atoms with Crippen LogP contribution >= 0.6 is 0 Å². The van der Waals surface area contributed by atoms with E-state index >= 15 is 0 Å². The van der Waals surface area contributed by atoms with Crippen LogP contribution in [0.4, 0.5) is 15.8 Å². The summed E-state index contributed by atoms with van der Waals surface area (Å²) in [5.41, 5.74) is 1.08. The molecule has 1 unspecified atom stereocenters. The number of hydrogen-bond donors (Lipinski definition) is 1. The predicted molar refractivity (Wildman–Crippen MR) is 117 cm³/mol. The Hall–Kier alpha value is -3.72. The number of furan rings is 1. The molecule has 1 aliphatic heterocycles. The van der Waals surface area contributed by atoms with E-state index in [0.29, 0.717) is 6.54 Å². The largest absolute Gasteiger partial charge is 0.468 e. The number of nitrogens with one attached hydrogen (secondary N) is 1. The van der Waals surface area contributed by atoms with Crippen molar-refractivity contribution in [3.63, 3.8) is 0 Å². The van der Waals surface area contributed by atoms with Crippen LogP contribution in [0.3, 0.4) is 0 Å². The van der Waals surface area contributed by atoms with Gasteiger partial charge in [-0.3, -0.25) is 19.8 Å². The van der Waals surface area contributed by atoms with E-state index in [1.54, 1.807) is 30.5 Å². The number of benzene rings is 2. The van der Waals surface area contributed by atoms with Crippen molar-refractivity contribution in [3.05, 3.63) is 94.2 Å². The quantitative estimate of drug-likeness (QED) is 0.448. The number of hydrogen-bond acceptors (Lipinski definition) is 6. The van der Waals surface area contributed by atoms with Gasteiger partial charge >= 0.3 is 0 Å². The van der Waals surface area contributed by atoms with Crippen molar-refractivity contribution in [2.45, 2.75) is 6.04 Å². The highest BCUT2D eigenvalue weighted by molar-refractivity contribution is 5.94. The molecule has 32 heavy (non-hydrogen) atoms. The summed E-state index contributed by atoms with van der Waals surface area (Å²) < 4.78 is 18.8. The highest BCUT2D eigenvalue weighted by Crippen LogP contribution is 2.25. The summed E-state index contributed by atoms with van der Waals surface area (Å²) in [4.78, 5) is 27.5. The van der Waals surface area contributed by atoms with Crippen molar-refractivity contribution in [1.29, 1.82) is 0 Å². The molecule has 1 aromatic heterocycles. The van der Waals surface area contributed by atoms with Gasteiger partial charge in [0.2, 0.25) is 0 Å². The van der Waals surface area contributed by atoms with E-state index in [1.165, 1.54) is 30.3 Å². The summed E-state index contributed by atoms with van der Waals surface area (Å²) in [5.74, 6) is 0.0968. The van der Waals surface area contributed by atoms with Crippen molar-refractivity contribution in [1.82, 2.24) is 10.2 Å². The number of non-ortho nitro benzene ring substituents is 1. The van der Waals surface area contributed by atoms with Crippen molar-refractivity contribution in [2.75, 3.05) is 37.6 Å². The van der Waals surface area contributed by atoms with Gasteiger partial charge in [-0.25, -0.2) is 4.39 Å². The zero-order valence-electron chi connectivity index (χ0n) is 17.3. The maximum atomic E-state index is 13.2. The molecule has 0 saturated carbocycles. The molecule has 1 fully saturated rings. The molecule has 1 saturated heterocycles. The minimum Gasteiger partial charge on any atom is -0.468 e. The van der Waals surface area contributed by atoms with Crippen LogP contribution in [0.5, 0.6) is 0 Å². The van der Waals surface area contributed by atoms with Crippen LogP contribution in [-0.2, 0) is 0 Å². The van der Waals surface area contributed by atoms with E-state index in [-0.39, 0.29) is 29.0 Å². The smallest absolute Gasteiger partial charge is 0.270 e. The summed E-state index contributed by atoms with van der Waals surface area (Å²) in [6.07, 6.45) is 1.60. The van der Waals surface area contributed by atoms with Gasteiger partial charge in [-0.05, 0) is 42.5 Å². The molecular weight excluding hydrogens is 415 g/mol. The van der Waals surface area contributed by atoms with Crippen LogP contribution in [-0.4, -0.2) is 48.5 Å². The van der Waals surface area contributed by atoms with Crippen molar-refractivity contribution in [3.8, 4) is 0 Å². The van der Waals surface area contributed by atoms with Crippen LogP contribution in [0.2, 0.25) is 0 Å². The fraction of sp³-hybridized carbons (Fsp3) is 0.261.